The second-order valence-corrected chi connectivity index (χ2v) is 3.89. The molecule has 0 saturated heterocycles. The van der Waals surface area contributed by atoms with Gasteiger partial charge in [0.05, 0.1) is 6.17 Å². The van der Waals surface area contributed by atoms with E-state index in [4.69, 9.17) is 4.74 Å². The van der Waals surface area contributed by atoms with Crippen LogP contribution in [-0.2, 0) is 0 Å². The fourth-order valence-corrected chi connectivity index (χ4v) is 1.16. The van der Waals surface area contributed by atoms with Gasteiger partial charge in [0, 0.05) is 7.05 Å². The number of nitrogens with zero attached hydrogens (tertiary/aromatic N) is 2. The molecule has 88 valence electrons. The SMILES string of the molecule is CC(N(C)C)N(C)C(=O)Oc1ccccc1. The van der Waals surface area contributed by atoms with Crippen LogP contribution in [0, 0.1) is 0 Å². The van der Waals surface area contributed by atoms with Gasteiger partial charge in [-0.3, -0.25) is 9.80 Å². The standard InChI is InChI=1S/C12H18N2O2/c1-10(13(2)3)14(4)12(15)16-11-8-6-5-7-9-11/h5-10H,1-4H3. The van der Waals surface area contributed by atoms with E-state index in [0.29, 0.717) is 5.75 Å². The first-order valence-corrected chi connectivity index (χ1v) is 5.18. The Balaban J connectivity index is 2.59. The van der Waals surface area contributed by atoms with Crippen molar-refractivity contribution in [3.05, 3.63) is 30.3 Å². The van der Waals surface area contributed by atoms with Gasteiger partial charge in [-0.15, -0.1) is 0 Å². The van der Waals surface area contributed by atoms with E-state index in [2.05, 4.69) is 0 Å². The first-order valence-electron chi connectivity index (χ1n) is 5.18. The molecule has 4 heteroatoms. The molecule has 1 rings (SSSR count). The van der Waals surface area contributed by atoms with Gasteiger partial charge in [-0.2, -0.15) is 0 Å². The summed E-state index contributed by atoms with van der Waals surface area (Å²) in [6.07, 6.45) is -0.358. The Hall–Kier alpha value is -1.55. The Morgan fingerprint density at radius 2 is 1.75 bits per heavy atom. The monoisotopic (exact) mass is 222 g/mol. The van der Waals surface area contributed by atoms with Crippen LogP contribution >= 0.6 is 0 Å². The molecule has 0 aliphatic carbocycles. The van der Waals surface area contributed by atoms with E-state index in [1.807, 2.05) is 44.1 Å². The van der Waals surface area contributed by atoms with Crippen LogP contribution < -0.4 is 4.74 Å². The third-order valence-electron chi connectivity index (χ3n) is 2.54. The normalized spacial score (nSPS) is 12.3. The van der Waals surface area contributed by atoms with Crippen LogP contribution in [0.25, 0.3) is 0 Å². The van der Waals surface area contributed by atoms with Gasteiger partial charge in [0.1, 0.15) is 5.75 Å². The highest BCUT2D eigenvalue weighted by molar-refractivity contribution is 5.70. The number of hydrogen-bond donors (Lipinski definition) is 0. The Morgan fingerprint density at radius 1 is 1.19 bits per heavy atom. The number of carbonyl (C=O) groups excluding carboxylic acids is 1. The molecule has 0 saturated carbocycles. The van der Waals surface area contributed by atoms with Crippen LogP contribution in [0.1, 0.15) is 6.92 Å². The van der Waals surface area contributed by atoms with E-state index < -0.39 is 0 Å². The minimum Gasteiger partial charge on any atom is -0.410 e. The van der Waals surface area contributed by atoms with Crippen LogP contribution in [0.5, 0.6) is 5.75 Å². The molecule has 0 radical (unpaired) electrons. The molecule has 1 atom stereocenters. The van der Waals surface area contributed by atoms with Crippen molar-refractivity contribution in [2.75, 3.05) is 21.1 Å². The zero-order chi connectivity index (χ0) is 12.1. The molecule has 1 amide bonds. The fourth-order valence-electron chi connectivity index (χ4n) is 1.16. The molecule has 0 bridgehead atoms. The maximum Gasteiger partial charge on any atom is 0.416 e. The Bertz CT molecular complexity index is 338. The van der Waals surface area contributed by atoms with Crippen LogP contribution in [0.4, 0.5) is 4.79 Å². The molecule has 1 aromatic carbocycles. The summed E-state index contributed by atoms with van der Waals surface area (Å²) in [7, 11) is 5.55. The number of rotatable bonds is 3. The predicted octanol–water partition coefficient (Wildman–Crippen LogP) is 2.02. The summed E-state index contributed by atoms with van der Waals surface area (Å²) in [5.41, 5.74) is 0. The number of hydrogen-bond acceptors (Lipinski definition) is 3. The van der Waals surface area contributed by atoms with Gasteiger partial charge < -0.3 is 4.74 Å². The van der Waals surface area contributed by atoms with Gasteiger partial charge in [0.2, 0.25) is 0 Å². The average molecular weight is 222 g/mol. The number of amides is 1. The Morgan fingerprint density at radius 3 is 2.25 bits per heavy atom. The van der Waals surface area contributed by atoms with E-state index in [1.54, 1.807) is 24.1 Å². The molecule has 4 nitrogen and oxygen atoms in total. The molecule has 0 spiro atoms. The van der Waals surface area contributed by atoms with Crippen molar-refractivity contribution in [3.8, 4) is 5.75 Å². The highest BCUT2D eigenvalue weighted by Gasteiger charge is 2.18. The van der Waals surface area contributed by atoms with Crippen LogP contribution in [0.15, 0.2) is 30.3 Å². The molecule has 0 fully saturated rings. The lowest BCUT2D eigenvalue weighted by Gasteiger charge is -2.29. The largest absolute Gasteiger partial charge is 0.416 e. The topological polar surface area (TPSA) is 32.8 Å². The van der Waals surface area contributed by atoms with Gasteiger partial charge in [0.15, 0.2) is 0 Å². The number of carbonyl (C=O) groups is 1. The molecule has 16 heavy (non-hydrogen) atoms. The number of ether oxygens (including phenoxy) is 1. The first kappa shape index (κ1) is 12.5. The van der Waals surface area contributed by atoms with Gasteiger partial charge in [-0.1, -0.05) is 18.2 Å². The summed E-state index contributed by atoms with van der Waals surface area (Å²) in [5, 5.41) is 0. The highest BCUT2D eigenvalue weighted by atomic mass is 16.6. The summed E-state index contributed by atoms with van der Waals surface area (Å²) >= 11 is 0. The minimum atomic E-state index is -0.354. The lowest BCUT2D eigenvalue weighted by atomic mass is 10.3. The quantitative estimate of drug-likeness (QED) is 0.733. The second-order valence-electron chi connectivity index (χ2n) is 3.89. The molecule has 0 heterocycles. The van der Waals surface area contributed by atoms with Gasteiger partial charge in [-0.05, 0) is 33.2 Å². The summed E-state index contributed by atoms with van der Waals surface area (Å²) in [4.78, 5) is 15.2. The van der Waals surface area contributed by atoms with Crippen molar-refractivity contribution in [1.82, 2.24) is 9.80 Å². The van der Waals surface area contributed by atoms with Crippen molar-refractivity contribution >= 4 is 6.09 Å². The van der Waals surface area contributed by atoms with Gasteiger partial charge in [-0.25, -0.2) is 4.79 Å². The van der Waals surface area contributed by atoms with Crippen LogP contribution in [0.2, 0.25) is 0 Å². The van der Waals surface area contributed by atoms with E-state index in [1.165, 1.54) is 0 Å². The van der Waals surface area contributed by atoms with E-state index >= 15 is 0 Å². The number of para-hydroxylation sites is 1. The molecule has 0 aliphatic rings. The zero-order valence-corrected chi connectivity index (χ0v) is 10.2. The molecule has 1 aromatic rings. The van der Waals surface area contributed by atoms with E-state index in [9.17, 15) is 4.79 Å². The molecular weight excluding hydrogens is 204 g/mol. The third kappa shape index (κ3) is 3.24. The number of benzene rings is 1. The van der Waals surface area contributed by atoms with Crippen molar-refractivity contribution in [1.29, 1.82) is 0 Å². The minimum absolute atomic E-state index is 0.00351. The van der Waals surface area contributed by atoms with Crippen LogP contribution in [0.3, 0.4) is 0 Å². The van der Waals surface area contributed by atoms with Crippen molar-refractivity contribution in [2.24, 2.45) is 0 Å². The predicted molar refractivity (Wildman–Crippen MR) is 63.4 cm³/mol. The van der Waals surface area contributed by atoms with Crippen molar-refractivity contribution in [3.63, 3.8) is 0 Å². The van der Waals surface area contributed by atoms with E-state index in [0.717, 1.165) is 0 Å². The first-order chi connectivity index (χ1) is 7.52. The Kier molecular flexibility index (Phi) is 4.31. The lowest BCUT2D eigenvalue weighted by molar-refractivity contribution is 0.101. The van der Waals surface area contributed by atoms with Gasteiger partial charge in [0.25, 0.3) is 0 Å². The lowest BCUT2D eigenvalue weighted by Crippen LogP contribution is -2.45. The average Bonchev–Trinajstić information content (AvgIpc) is 2.28. The zero-order valence-electron chi connectivity index (χ0n) is 10.2. The summed E-state index contributed by atoms with van der Waals surface area (Å²) in [6, 6.07) is 9.05. The fraction of sp³-hybridized carbons (Fsp3) is 0.417. The maximum atomic E-state index is 11.7. The second kappa shape index (κ2) is 5.51. The summed E-state index contributed by atoms with van der Waals surface area (Å²) in [5.74, 6) is 0.560. The molecule has 0 aliphatic heterocycles. The summed E-state index contributed by atoms with van der Waals surface area (Å²) < 4.78 is 5.21. The Labute approximate surface area is 96.4 Å². The molecule has 1 unspecified atom stereocenters. The molecule has 0 aromatic heterocycles. The summed E-state index contributed by atoms with van der Waals surface area (Å²) in [6.45, 7) is 1.94. The van der Waals surface area contributed by atoms with Gasteiger partial charge >= 0.3 is 6.09 Å². The van der Waals surface area contributed by atoms with Crippen LogP contribution in [-0.4, -0.2) is 43.2 Å². The third-order valence-corrected chi connectivity index (χ3v) is 2.54. The highest BCUT2D eigenvalue weighted by Crippen LogP contribution is 2.11. The molecule has 0 N–H and O–H groups in total. The van der Waals surface area contributed by atoms with E-state index in [-0.39, 0.29) is 12.3 Å². The van der Waals surface area contributed by atoms with Crippen molar-refractivity contribution in [2.45, 2.75) is 13.1 Å². The smallest absolute Gasteiger partial charge is 0.410 e. The maximum absolute atomic E-state index is 11.7. The van der Waals surface area contributed by atoms with Crippen molar-refractivity contribution < 1.29 is 9.53 Å². The molecular formula is C12H18N2O2.